The molecular formula is C12H17NO3. The molecule has 0 aliphatic carbocycles. The minimum atomic E-state index is -0.118. The summed E-state index contributed by atoms with van der Waals surface area (Å²) in [5, 5.41) is 11.6. The van der Waals surface area contributed by atoms with E-state index in [0.717, 1.165) is 12.0 Å². The molecule has 0 unspecified atom stereocenters. The molecule has 2 N–H and O–H groups in total. The Kier molecular flexibility index (Phi) is 5.36. The van der Waals surface area contributed by atoms with Gasteiger partial charge in [0.2, 0.25) is 0 Å². The van der Waals surface area contributed by atoms with E-state index < -0.39 is 0 Å². The van der Waals surface area contributed by atoms with Crippen LogP contribution in [0.5, 0.6) is 5.75 Å². The highest BCUT2D eigenvalue weighted by Gasteiger charge is 2.01. The summed E-state index contributed by atoms with van der Waals surface area (Å²) in [5.74, 6) is 0.511. The number of nitrogens with one attached hydrogen (secondary N) is 1. The SMILES string of the molecule is CCCNC(=O)COc1ccc(CO)cc1. The number of rotatable bonds is 6. The lowest BCUT2D eigenvalue weighted by molar-refractivity contribution is -0.123. The van der Waals surface area contributed by atoms with Gasteiger partial charge in [-0.25, -0.2) is 0 Å². The molecule has 88 valence electrons. The van der Waals surface area contributed by atoms with Crippen molar-refractivity contribution in [3.8, 4) is 5.75 Å². The van der Waals surface area contributed by atoms with E-state index >= 15 is 0 Å². The predicted molar refractivity (Wildman–Crippen MR) is 61.2 cm³/mol. The molecule has 4 nitrogen and oxygen atoms in total. The average Bonchev–Trinajstić information content (AvgIpc) is 2.34. The molecule has 0 bridgehead atoms. The van der Waals surface area contributed by atoms with Gasteiger partial charge in [-0.05, 0) is 24.1 Å². The average molecular weight is 223 g/mol. The molecule has 0 spiro atoms. The van der Waals surface area contributed by atoms with Crippen LogP contribution in [0.3, 0.4) is 0 Å². The Hall–Kier alpha value is -1.55. The lowest BCUT2D eigenvalue weighted by atomic mass is 10.2. The monoisotopic (exact) mass is 223 g/mol. The van der Waals surface area contributed by atoms with Crippen LogP contribution in [0.2, 0.25) is 0 Å². The molecule has 0 saturated heterocycles. The first-order valence-corrected chi connectivity index (χ1v) is 5.35. The summed E-state index contributed by atoms with van der Waals surface area (Å²) in [6.45, 7) is 2.70. The summed E-state index contributed by atoms with van der Waals surface area (Å²) in [6.07, 6.45) is 0.914. The summed E-state index contributed by atoms with van der Waals surface area (Å²) >= 11 is 0. The first-order chi connectivity index (χ1) is 7.76. The summed E-state index contributed by atoms with van der Waals surface area (Å²) in [6, 6.07) is 7.00. The molecule has 0 radical (unpaired) electrons. The largest absolute Gasteiger partial charge is 0.484 e. The number of aliphatic hydroxyl groups is 1. The molecule has 16 heavy (non-hydrogen) atoms. The fourth-order valence-electron chi connectivity index (χ4n) is 1.16. The van der Waals surface area contributed by atoms with Crippen LogP contribution in [0.25, 0.3) is 0 Å². The van der Waals surface area contributed by atoms with Gasteiger partial charge in [0.05, 0.1) is 6.61 Å². The molecule has 1 aromatic carbocycles. The van der Waals surface area contributed by atoms with Crippen molar-refractivity contribution in [3.05, 3.63) is 29.8 Å². The Balaban J connectivity index is 2.33. The topological polar surface area (TPSA) is 58.6 Å². The number of ether oxygens (including phenoxy) is 1. The van der Waals surface area contributed by atoms with Gasteiger partial charge >= 0.3 is 0 Å². The maximum absolute atomic E-state index is 11.2. The lowest BCUT2D eigenvalue weighted by Crippen LogP contribution is -2.29. The van der Waals surface area contributed by atoms with E-state index in [4.69, 9.17) is 9.84 Å². The van der Waals surface area contributed by atoms with Crippen LogP contribution < -0.4 is 10.1 Å². The van der Waals surface area contributed by atoms with Crippen LogP contribution in [-0.2, 0) is 11.4 Å². The van der Waals surface area contributed by atoms with Crippen LogP contribution in [0, 0.1) is 0 Å². The Morgan fingerprint density at radius 2 is 2.06 bits per heavy atom. The van der Waals surface area contributed by atoms with Crippen LogP contribution in [0.1, 0.15) is 18.9 Å². The zero-order valence-electron chi connectivity index (χ0n) is 9.40. The molecule has 1 rings (SSSR count). The third kappa shape index (κ3) is 4.31. The molecular weight excluding hydrogens is 206 g/mol. The van der Waals surface area contributed by atoms with Gasteiger partial charge in [0, 0.05) is 6.54 Å². The summed E-state index contributed by atoms with van der Waals surface area (Å²) in [4.78, 5) is 11.2. The van der Waals surface area contributed by atoms with Crippen LogP contribution >= 0.6 is 0 Å². The molecule has 0 aliphatic rings. The quantitative estimate of drug-likeness (QED) is 0.758. The highest BCUT2D eigenvalue weighted by Crippen LogP contribution is 2.11. The number of benzene rings is 1. The van der Waals surface area contributed by atoms with Gasteiger partial charge < -0.3 is 15.2 Å². The van der Waals surface area contributed by atoms with E-state index in [2.05, 4.69) is 5.32 Å². The second kappa shape index (κ2) is 6.85. The Morgan fingerprint density at radius 1 is 1.38 bits per heavy atom. The van der Waals surface area contributed by atoms with Crippen molar-refractivity contribution in [2.75, 3.05) is 13.2 Å². The third-order valence-corrected chi connectivity index (χ3v) is 2.05. The first-order valence-electron chi connectivity index (χ1n) is 5.35. The van der Waals surface area contributed by atoms with E-state index in [-0.39, 0.29) is 19.1 Å². The maximum Gasteiger partial charge on any atom is 0.257 e. The van der Waals surface area contributed by atoms with Crippen molar-refractivity contribution >= 4 is 5.91 Å². The van der Waals surface area contributed by atoms with Crippen molar-refractivity contribution in [1.82, 2.24) is 5.32 Å². The molecule has 0 saturated carbocycles. The number of carbonyl (C=O) groups is 1. The van der Waals surface area contributed by atoms with E-state index in [1.807, 2.05) is 6.92 Å². The van der Waals surface area contributed by atoms with Crippen molar-refractivity contribution in [2.45, 2.75) is 20.0 Å². The van der Waals surface area contributed by atoms with Gasteiger partial charge in [0.15, 0.2) is 6.61 Å². The van der Waals surface area contributed by atoms with Crippen molar-refractivity contribution in [3.63, 3.8) is 0 Å². The molecule has 1 amide bonds. The maximum atomic E-state index is 11.2. The summed E-state index contributed by atoms with van der Waals surface area (Å²) in [7, 11) is 0. The lowest BCUT2D eigenvalue weighted by Gasteiger charge is -2.06. The zero-order valence-corrected chi connectivity index (χ0v) is 9.40. The highest BCUT2D eigenvalue weighted by molar-refractivity contribution is 5.77. The molecule has 0 aromatic heterocycles. The minimum Gasteiger partial charge on any atom is -0.484 e. The standard InChI is InChI=1S/C12H17NO3/c1-2-7-13-12(15)9-16-11-5-3-10(8-14)4-6-11/h3-6,14H,2,7-9H2,1H3,(H,13,15). The van der Waals surface area contributed by atoms with Crippen LogP contribution in [-0.4, -0.2) is 24.2 Å². The number of hydrogen-bond acceptors (Lipinski definition) is 3. The fraction of sp³-hybridized carbons (Fsp3) is 0.417. The third-order valence-electron chi connectivity index (χ3n) is 2.05. The normalized spacial score (nSPS) is 9.88. The van der Waals surface area contributed by atoms with Gasteiger partial charge in [-0.2, -0.15) is 0 Å². The molecule has 4 heteroatoms. The smallest absolute Gasteiger partial charge is 0.257 e. The Morgan fingerprint density at radius 3 is 2.62 bits per heavy atom. The van der Waals surface area contributed by atoms with Crippen molar-refractivity contribution in [2.24, 2.45) is 0 Å². The summed E-state index contributed by atoms with van der Waals surface area (Å²) in [5.41, 5.74) is 0.822. The van der Waals surface area contributed by atoms with Gasteiger partial charge in [0.1, 0.15) is 5.75 Å². The molecule has 1 aromatic rings. The van der Waals surface area contributed by atoms with Gasteiger partial charge in [-0.15, -0.1) is 0 Å². The Bertz CT molecular complexity index is 322. The fourth-order valence-corrected chi connectivity index (χ4v) is 1.16. The van der Waals surface area contributed by atoms with Gasteiger partial charge in [-0.3, -0.25) is 4.79 Å². The number of hydrogen-bond donors (Lipinski definition) is 2. The first kappa shape index (κ1) is 12.5. The molecule has 0 heterocycles. The molecule has 0 atom stereocenters. The van der Waals surface area contributed by atoms with E-state index in [1.165, 1.54) is 0 Å². The van der Waals surface area contributed by atoms with E-state index in [1.54, 1.807) is 24.3 Å². The number of amides is 1. The highest BCUT2D eigenvalue weighted by atomic mass is 16.5. The molecule has 0 aliphatic heterocycles. The second-order valence-corrected chi connectivity index (χ2v) is 3.44. The summed E-state index contributed by atoms with van der Waals surface area (Å²) < 4.78 is 5.27. The zero-order chi connectivity index (χ0) is 11.8. The van der Waals surface area contributed by atoms with Gasteiger partial charge in [0.25, 0.3) is 5.91 Å². The van der Waals surface area contributed by atoms with Crippen LogP contribution in [0.15, 0.2) is 24.3 Å². The van der Waals surface area contributed by atoms with Gasteiger partial charge in [-0.1, -0.05) is 19.1 Å². The second-order valence-electron chi connectivity index (χ2n) is 3.44. The molecule has 0 fully saturated rings. The van der Waals surface area contributed by atoms with E-state index in [0.29, 0.717) is 12.3 Å². The predicted octanol–water partition coefficient (Wildman–Crippen LogP) is 1.08. The van der Waals surface area contributed by atoms with Crippen molar-refractivity contribution in [1.29, 1.82) is 0 Å². The minimum absolute atomic E-state index is 0.0112. The van der Waals surface area contributed by atoms with Crippen molar-refractivity contribution < 1.29 is 14.6 Å². The number of carbonyl (C=O) groups excluding carboxylic acids is 1. The number of aliphatic hydroxyl groups excluding tert-OH is 1. The van der Waals surface area contributed by atoms with E-state index in [9.17, 15) is 4.79 Å². The van der Waals surface area contributed by atoms with Crippen LogP contribution in [0.4, 0.5) is 0 Å². The Labute approximate surface area is 95.2 Å².